The van der Waals surface area contributed by atoms with Crippen molar-refractivity contribution in [3.63, 3.8) is 0 Å². The maximum atomic E-state index is 15.2. The van der Waals surface area contributed by atoms with Gasteiger partial charge >= 0.3 is 12.2 Å². The average Bonchev–Trinajstić information content (AvgIpc) is 3.36. The van der Waals surface area contributed by atoms with E-state index in [1.807, 2.05) is 11.4 Å². The number of alkyl halides is 3. The quantitative estimate of drug-likeness (QED) is 0.234. The van der Waals surface area contributed by atoms with Crippen molar-refractivity contribution in [3.8, 4) is 11.1 Å². The molecule has 0 spiro atoms. The van der Waals surface area contributed by atoms with Crippen molar-refractivity contribution < 1.29 is 31.5 Å². The maximum Gasteiger partial charge on any atom is 0.416 e. The number of nitrogens with one attached hydrogen (secondary N) is 3. The summed E-state index contributed by atoms with van der Waals surface area (Å²) in [4.78, 5) is 30.3. The van der Waals surface area contributed by atoms with Gasteiger partial charge in [-0.05, 0) is 67.9 Å². The molecule has 226 valence electrons. The van der Waals surface area contributed by atoms with Gasteiger partial charge in [0.25, 0.3) is 0 Å². The first-order valence-electron chi connectivity index (χ1n) is 13.2. The third-order valence-electron chi connectivity index (χ3n) is 7.33. The molecule has 0 unspecified atom stereocenters. The number of aromatic nitrogens is 3. The molecular formula is C28H27F5N8O2. The molecule has 0 radical (unpaired) electrons. The predicted molar refractivity (Wildman–Crippen MR) is 149 cm³/mol. The number of nitrogen functional groups attached to an aromatic ring is 1. The molecule has 4 aromatic rings. The van der Waals surface area contributed by atoms with Crippen LogP contribution in [0, 0.1) is 11.6 Å². The molecule has 1 fully saturated rings. The molecule has 1 saturated heterocycles. The molecule has 0 bridgehead atoms. The van der Waals surface area contributed by atoms with Crippen LogP contribution < -0.4 is 21.7 Å². The molecule has 3 amide bonds. The second kappa shape index (κ2) is 11.8. The molecule has 0 atom stereocenters. The van der Waals surface area contributed by atoms with Crippen molar-refractivity contribution in [2.75, 3.05) is 43.0 Å². The molecule has 43 heavy (non-hydrogen) atoms. The van der Waals surface area contributed by atoms with Gasteiger partial charge in [-0.3, -0.25) is 9.69 Å². The zero-order valence-electron chi connectivity index (χ0n) is 22.8. The number of hydrogen-bond acceptors (Lipinski definition) is 6. The van der Waals surface area contributed by atoms with Crippen LogP contribution >= 0.6 is 0 Å². The lowest BCUT2D eigenvalue weighted by molar-refractivity contribution is -0.137. The molecule has 1 aliphatic heterocycles. The second-order valence-corrected chi connectivity index (χ2v) is 10.1. The van der Waals surface area contributed by atoms with Crippen LogP contribution in [0.25, 0.3) is 16.6 Å². The van der Waals surface area contributed by atoms with Crippen molar-refractivity contribution in [1.82, 2.24) is 24.8 Å². The third-order valence-corrected chi connectivity index (χ3v) is 7.33. The Kier molecular flexibility index (Phi) is 8.17. The minimum absolute atomic E-state index is 0.0605. The fourth-order valence-electron chi connectivity index (χ4n) is 5.13. The minimum atomic E-state index is -4.75. The van der Waals surface area contributed by atoms with Gasteiger partial charge in [0.15, 0.2) is 5.82 Å². The van der Waals surface area contributed by atoms with Crippen LogP contribution in [-0.4, -0.2) is 58.1 Å². The van der Waals surface area contributed by atoms with E-state index in [0.29, 0.717) is 54.5 Å². The zero-order valence-corrected chi connectivity index (χ0v) is 22.8. The fourth-order valence-corrected chi connectivity index (χ4v) is 5.13. The van der Waals surface area contributed by atoms with Crippen LogP contribution in [0.5, 0.6) is 0 Å². The summed E-state index contributed by atoms with van der Waals surface area (Å²) in [6, 6.07) is 6.26. The van der Waals surface area contributed by atoms with Gasteiger partial charge in [0.05, 0.1) is 23.5 Å². The standard InChI is InChI=1S/C28H27F5N8O2/c1-35-24(42)13-40-8-6-15(7-9-40)23-12-18(25-26(34)36-14-37-41(23)25)16-2-5-21(20(30)10-16)38-27(43)39-22-11-17(28(31,32)33)3-4-19(22)29/h2-5,10-12,14-15H,6-9,13H2,1H3,(H,35,42)(H2,34,36,37)(H2,38,39,43). The van der Waals surface area contributed by atoms with Crippen LogP contribution in [0.3, 0.4) is 0 Å². The molecule has 5 rings (SSSR count). The topological polar surface area (TPSA) is 130 Å². The molecule has 2 aromatic heterocycles. The number of fused-ring (bicyclic) bond motifs is 1. The van der Waals surface area contributed by atoms with E-state index in [1.54, 1.807) is 11.6 Å². The molecule has 0 aliphatic carbocycles. The fraction of sp³-hybridized carbons (Fsp3) is 0.286. The first-order valence-corrected chi connectivity index (χ1v) is 13.2. The molecule has 10 nitrogen and oxygen atoms in total. The minimum Gasteiger partial charge on any atom is -0.382 e. The number of rotatable bonds is 6. The van der Waals surface area contributed by atoms with E-state index in [2.05, 4.69) is 25.6 Å². The summed E-state index contributed by atoms with van der Waals surface area (Å²) in [6.07, 6.45) is -1.91. The Balaban J connectivity index is 1.36. The highest BCUT2D eigenvalue weighted by Gasteiger charge is 2.31. The van der Waals surface area contributed by atoms with E-state index >= 15 is 4.39 Å². The second-order valence-electron chi connectivity index (χ2n) is 10.1. The Bertz CT molecular complexity index is 1680. The monoisotopic (exact) mass is 602 g/mol. The number of likely N-dealkylation sites (tertiary alicyclic amines) is 1. The van der Waals surface area contributed by atoms with Gasteiger partial charge in [-0.15, -0.1) is 0 Å². The van der Waals surface area contributed by atoms with Gasteiger partial charge in [-0.2, -0.15) is 18.3 Å². The lowest BCUT2D eigenvalue weighted by Crippen LogP contribution is -2.40. The number of anilines is 3. The van der Waals surface area contributed by atoms with Gasteiger partial charge in [-0.1, -0.05) is 6.07 Å². The van der Waals surface area contributed by atoms with Gasteiger partial charge < -0.3 is 21.7 Å². The Morgan fingerprint density at radius 1 is 1.00 bits per heavy atom. The number of benzene rings is 2. The van der Waals surface area contributed by atoms with Crippen LogP contribution in [-0.2, 0) is 11.0 Å². The van der Waals surface area contributed by atoms with Crippen LogP contribution in [0.1, 0.15) is 30.0 Å². The van der Waals surface area contributed by atoms with E-state index in [0.717, 1.165) is 24.6 Å². The molecule has 0 saturated carbocycles. The maximum absolute atomic E-state index is 15.2. The summed E-state index contributed by atoms with van der Waals surface area (Å²) < 4.78 is 69.9. The largest absolute Gasteiger partial charge is 0.416 e. The number of carbonyl (C=O) groups excluding carboxylic acids is 2. The number of likely N-dealkylation sites (N-methyl/N-ethyl adjacent to an activating group) is 1. The normalized spacial score (nSPS) is 14.6. The molecule has 15 heteroatoms. The zero-order chi connectivity index (χ0) is 30.9. The van der Waals surface area contributed by atoms with Crippen molar-refractivity contribution >= 4 is 34.6 Å². The Hall–Kier alpha value is -4.79. The number of amides is 3. The molecule has 5 N–H and O–H groups in total. The summed E-state index contributed by atoms with van der Waals surface area (Å²) in [5.74, 6) is -1.74. The van der Waals surface area contributed by atoms with Gasteiger partial charge in [-0.25, -0.2) is 23.1 Å². The highest BCUT2D eigenvalue weighted by Crippen LogP contribution is 2.37. The number of hydrogen-bond donors (Lipinski definition) is 4. The van der Waals surface area contributed by atoms with Crippen LogP contribution in [0.4, 0.5) is 43.9 Å². The Labute approximate surface area is 242 Å². The van der Waals surface area contributed by atoms with Crippen LogP contribution in [0.15, 0.2) is 48.8 Å². The first-order chi connectivity index (χ1) is 20.4. The SMILES string of the molecule is CNC(=O)CN1CCC(c2cc(-c3ccc(NC(=O)Nc4cc(C(F)(F)F)ccc4F)c(F)c3)c3c(N)ncnn23)CC1. The molecule has 2 aromatic carbocycles. The van der Waals surface area contributed by atoms with Crippen molar-refractivity contribution in [2.24, 2.45) is 0 Å². The Morgan fingerprint density at radius 3 is 2.40 bits per heavy atom. The number of nitrogens with two attached hydrogens (primary N) is 1. The van der Waals surface area contributed by atoms with E-state index in [-0.39, 0.29) is 23.3 Å². The van der Waals surface area contributed by atoms with Gasteiger partial charge in [0, 0.05) is 24.2 Å². The lowest BCUT2D eigenvalue weighted by atomic mass is 9.93. The van der Waals surface area contributed by atoms with Gasteiger partial charge in [0.2, 0.25) is 5.91 Å². The van der Waals surface area contributed by atoms with Crippen molar-refractivity contribution in [3.05, 3.63) is 71.7 Å². The highest BCUT2D eigenvalue weighted by atomic mass is 19.4. The summed E-state index contributed by atoms with van der Waals surface area (Å²) in [5.41, 5.74) is 6.34. The van der Waals surface area contributed by atoms with Crippen molar-refractivity contribution in [2.45, 2.75) is 24.9 Å². The van der Waals surface area contributed by atoms with Gasteiger partial charge in [0.1, 0.15) is 23.5 Å². The smallest absolute Gasteiger partial charge is 0.382 e. The van der Waals surface area contributed by atoms with Crippen molar-refractivity contribution in [1.29, 1.82) is 0 Å². The third kappa shape index (κ3) is 6.35. The predicted octanol–water partition coefficient (Wildman–Crippen LogP) is 4.84. The summed E-state index contributed by atoms with van der Waals surface area (Å²) in [5, 5.41) is 11.2. The van der Waals surface area contributed by atoms with E-state index in [1.165, 1.54) is 18.5 Å². The van der Waals surface area contributed by atoms with Crippen LogP contribution in [0.2, 0.25) is 0 Å². The number of carbonyl (C=O) groups is 2. The summed E-state index contributed by atoms with van der Waals surface area (Å²) in [7, 11) is 1.59. The van der Waals surface area contributed by atoms with E-state index in [4.69, 9.17) is 5.73 Å². The number of urea groups is 1. The summed E-state index contributed by atoms with van der Waals surface area (Å²) >= 11 is 0. The molecule has 1 aliphatic rings. The summed E-state index contributed by atoms with van der Waals surface area (Å²) in [6.45, 7) is 1.70. The highest BCUT2D eigenvalue weighted by molar-refractivity contribution is 6.00. The number of piperidine rings is 1. The lowest BCUT2D eigenvalue weighted by Gasteiger charge is -2.31. The first kappa shape index (κ1) is 29.7. The number of halogens is 5. The van der Waals surface area contributed by atoms with E-state index in [9.17, 15) is 27.2 Å². The van der Waals surface area contributed by atoms with E-state index < -0.39 is 35.1 Å². The molecular weight excluding hydrogens is 575 g/mol. The molecule has 3 heterocycles. The number of nitrogens with zero attached hydrogens (tertiary/aromatic N) is 4. The average molecular weight is 603 g/mol. The Morgan fingerprint density at radius 2 is 1.72 bits per heavy atom.